The molecule has 0 aliphatic rings. The van der Waals surface area contributed by atoms with Crippen LogP contribution in [0.3, 0.4) is 0 Å². The molecule has 0 saturated heterocycles. The lowest BCUT2D eigenvalue weighted by molar-refractivity contribution is 0.418. The number of ether oxygens (including phenoxy) is 1. The van der Waals surface area contributed by atoms with Crippen LogP contribution in [0.4, 0.5) is 0 Å². The number of aromatic nitrogens is 3. The summed E-state index contributed by atoms with van der Waals surface area (Å²) < 4.78 is 32.8. The topological polar surface area (TPSA) is 74.1 Å². The fraction of sp³-hybridized carbons (Fsp3) is 0.0588. The van der Waals surface area contributed by atoms with Gasteiger partial charge in [0.15, 0.2) is 0 Å². The summed E-state index contributed by atoms with van der Waals surface area (Å²) in [6.45, 7) is 0. The van der Waals surface area contributed by atoms with Gasteiger partial charge in [0.05, 0.1) is 23.0 Å². The third kappa shape index (κ3) is 2.05. The average molecular weight is 339 g/mol. The molecule has 4 rings (SSSR count). The van der Waals surface area contributed by atoms with Crippen molar-refractivity contribution in [3.8, 4) is 5.75 Å². The summed E-state index contributed by atoms with van der Waals surface area (Å²) in [5, 5.41) is 0.509. The van der Waals surface area contributed by atoms with Crippen molar-refractivity contribution in [2.75, 3.05) is 7.11 Å². The highest BCUT2D eigenvalue weighted by Crippen LogP contribution is 2.31. The van der Waals surface area contributed by atoms with Gasteiger partial charge < -0.3 is 4.74 Å². The number of nitrogens with zero attached hydrogens (tertiary/aromatic N) is 3. The first kappa shape index (κ1) is 14.6. The number of para-hydroxylation sites is 2. The van der Waals surface area contributed by atoms with Crippen molar-refractivity contribution < 1.29 is 13.2 Å². The second-order valence-electron chi connectivity index (χ2n) is 5.20. The third-order valence-corrected chi connectivity index (χ3v) is 5.59. The van der Waals surface area contributed by atoms with Gasteiger partial charge in [-0.15, -0.1) is 0 Å². The van der Waals surface area contributed by atoms with E-state index in [1.807, 2.05) is 6.07 Å². The molecular weight excluding hydrogens is 326 g/mol. The van der Waals surface area contributed by atoms with E-state index in [2.05, 4.69) is 9.97 Å². The van der Waals surface area contributed by atoms with Crippen LogP contribution in [0.25, 0.3) is 21.9 Å². The lowest BCUT2D eigenvalue weighted by Gasteiger charge is -2.11. The maximum absolute atomic E-state index is 13.2. The van der Waals surface area contributed by atoms with Crippen LogP contribution in [0.15, 0.2) is 66.0 Å². The fourth-order valence-electron chi connectivity index (χ4n) is 2.74. The van der Waals surface area contributed by atoms with E-state index in [1.54, 1.807) is 42.6 Å². The minimum atomic E-state index is -3.82. The largest absolute Gasteiger partial charge is 0.494 e. The molecular formula is C17H13N3O3S. The predicted octanol–water partition coefficient (Wildman–Crippen LogP) is 2.83. The molecule has 0 amide bonds. The Labute approximate surface area is 138 Å². The van der Waals surface area contributed by atoms with Gasteiger partial charge in [-0.2, -0.15) is 0 Å². The molecule has 2 aromatic heterocycles. The fourth-order valence-corrected chi connectivity index (χ4v) is 4.22. The number of methoxy groups -OCH3 is 1. The lowest BCUT2D eigenvalue weighted by Crippen LogP contribution is -2.12. The molecule has 7 heteroatoms. The van der Waals surface area contributed by atoms with E-state index in [-0.39, 0.29) is 4.90 Å². The molecule has 0 fully saturated rings. The molecule has 120 valence electrons. The summed E-state index contributed by atoms with van der Waals surface area (Å²) in [5.74, 6) is 0.528. The van der Waals surface area contributed by atoms with Crippen molar-refractivity contribution in [3.05, 3.63) is 61.1 Å². The maximum Gasteiger partial charge on any atom is 0.270 e. The molecule has 2 heterocycles. The molecule has 0 radical (unpaired) electrons. The average Bonchev–Trinajstić information content (AvgIpc) is 3.05. The Morgan fingerprint density at radius 1 is 1.00 bits per heavy atom. The van der Waals surface area contributed by atoms with Crippen molar-refractivity contribution in [2.45, 2.75) is 4.90 Å². The van der Waals surface area contributed by atoms with Crippen LogP contribution in [-0.4, -0.2) is 29.5 Å². The first-order valence-electron chi connectivity index (χ1n) is 7.22. The molecule has 0 saturated carbocycles. The second kappa shape index (κ2) is 5.31. The third-order valence-electron chi connectivity index (χ3n) is 3.87. The van der Waals surface area contributed by atoms with Crippen molar-refractivity contribution in [1.82, 2.24) is 13.9 Å². The van der Waals surface area contributed by atoms with E-state index < -0.39 is 10.0 Å². The van der Waals surface area contributed by atoms with Crippen LogP contribution in [0.1, 0.15) is 0 Å². The predicted molar refractivity (Wildman–Crippen MR) is 90.6 cm³/mol. The van der Waals surface area contributed by atoms with E-state index in [1.165, 1.54) is 23.5 Å². The summed E-state index contributed by atoms with van der Waals surface area (Å²) in [5.41, 5.74) is 1.66. The van der Waals surface area contributed by atoms with Crippen molar-refractivity contribution in [3.63, 3.8) is 0 Å². The number of imidazole rings is 1. The van der Waals surface area contributed by atoms with Crippen molar-refractivity contribution in [2.24, 2.45) is 0 Å². The zero-order valence-electron chi connectivity index (χ0n) is 12.7. The molecule has 0 unspecified atom stereocenters. The standard InChI is InChI=1S/C17H13N3O3S/c1-23-15-8-9-16(12-5-4-10-18-17(12)15)24(21,22)20-11-19-13-6-2-3-7-14(13)20/h2-11H,1H3. The molecule has 0 spiro atoms. The molecule has 2 aromatic carbocycles. The van der Waals surface area contributed by atoms with Gasteiger partial charge in [0.1, 0.15) is 17.6 Å². The Kier molecular flexibility index (Phi) is 3.24. The van der Waals surface area contributed by atoms with Crippen molar-refractivity contribution in [1.29, 1.82) is 0 Å². The normalized spacial score (nSPS) is 11.9. The molecule has 6 nitrogen and oxygen atoms in total. The minimum absolute atomic E-state index is 0.162. The van der Waals surface area contributed by atoms with E-state index >= 15 is 0 Å². The Bertz CT molecular complexity index is 1170. The molecule has 0 N–H and O–H groups in total. The van der Waals surface area contributed by atoms with Crippen LogP contribution >= 0.6 is 0 Å². The zero-order valence-corrected chi connectivity index (χ0v) is 13.6. The van der Waals surface area contributed by atoms with Crippen LogP contribution in [0.2, 0.25) is 0 Å². The Balaban J connectivity index is 2.03. The summed E-state index contributed by atoms with van der Waals surface area (Å²) >= 11 is 0. The molecule has 0 bridgehead atoms. The maximum atomic E-state index is 13.2. The quantitative estimate of drug-likeness (QED) is 0.574. The highest BCUT2D eigenvalue weighted by Gasteiger charge is 2.23. The summed E-state index contributed by atoms with van der Waals surface area (Å²) in [7, 11) is -2.29. The van der Waals surface area contributed by atoms with E-state index in [0.29, 0.717) is 27.7 Å². The van der Waals surface area contributed by atoms with Crippen LogP contribution in [0.5, 0.6) is 5.75 Å². The smallest absolute Gasteiger partial charge is 0.270 e. The monoisotopic (exact) mass is 339 g/mol. The highest BCUT2D eigenvalue weighted by molar-refractivity contribution is 7.90. The van der Waals surface area contributed by atoms with Gasteiger partial charge in [-0.3, -0.25) is 4.98 Å². The van der Waals surface area contributed by atoms with Gasteiger partial charge in [-0.1, -0.05) is 12.1 Å². The van der Waals surface area contributed by atoms with E-state index in [9.17, 15) is 8.42 Å². The number of pyridine rings is 1. The summed E-state index contributed by atoms with van der Waals surface area (Å²) in [6.07, 6.45) is 2.93. The second-order valence-corrected chi connectivity index (χ2v) is 6.98. The van der Waals surface area contributed by atoms with E-state index in [4.69, 9.17) is 4.74 Å². The Morgan fingerprint density at radius 2 is 1.83 bits per heavy atom. The van der Waals surface area contributed by atoms with Gasteiger partial charge in [0.25, 0.3) is 10.0 Å². The molecule has 0 atom stereocenters. The Morgan fingerprint density at radius 3 is 2.67 bits per heavy atom. The van der Waals surface area contributed by atoms with Gasteiger partial charge in [0, 0.05) is 11.6 Å². The number of benzene rings is 2. The molecule has 0 aliphatic carbocycles. The van der Waals surface area contributed by atoms with Gasteiger partial charge >= 0.3 is 0 Å². The van der Waals surface area contributed by atoms with Gasteiger partial charge in [-0.25, -0.2) is 17.4 Å². The van der Waals surface area contributed by atoms with Gasteiger partial charge in [0.2, 0.25) is 0 Å². The zero-order chi connectivity index (χ0) is 16.7. The lowest BCUT2D eigenvalue weighted by atomic mass is 10.2. The SMILES string of the molecule is COc1ccc(S(=O)(=O)n2cnc3ccccc32)c2cccnc12. The number of rotatable bonds is 3. The van der Waals surface area contributed by atoms with E-state index in [0.717, 1.165) is 0 Å². The van der Waals surface area contributed by atoms with Gasteiger partial charge in [-0.05, 0) is 36.4 Å². The van der Waals surface area contributed by atoms with Crippen molar-refractivity contribution >= 4 is 32.0 Å². The van der Waals surface area contributed by atoms with Crippen LogP contribution in [0, 0.1) is 0 Å². The number of hydrogen-bond acceptors (Lipinski definition) is 5. The number of hydrogen-bond donors (Lipinski definition) is 0. The molecule has 24 heavy (non-hydrogen) atoms. The molecule has 4 aromatic rings. The molecule has 0 aliphatic heterocycles. The highest BCUT2D eigenvalue weighted by atomic mass is 32.2. The first-order valence-corrected chi connectivity index (χ1v) is 8.66. The van der Waals surface area contributed by atoms with Crippen LogP contribution < -0.4 is 4.74 Å². The minimum Gasteiger partial charge on any atom is -0.494 e. The number of fused-ring (bicyclic) bond motifs is 2. The van der Waals surface area contributed by atoms with Crippen LogP contribution in [-0.2, 0) is 10.0 Å². The summed E-state index contributed by atoms with van der Waals surface area (Å²) in [6, 6.07) is 13.7. The summed E-state index contributed by atoms with van der Waals surface area (Å²) in [4.78, 5) is 8.58. The Hall–Kier alpha value is -2.93. The first-order chi connectivity index (χ1) is 11.6.